The molecule has 5 atom stereocenters. The quantitative estimate of drug-likeness (QED) is 0.231. The van der Waals surface area contributed by atoms with Crippen LogP contribution >= 0.6 is 0 Å². The van der Waals surface area contributed by atoms with Gasteiger partial charge in [0.1, 0.15) is 6.10 Å². The molecule has 2 fully saturated rings. The Kier molecular flexibility index (Phi) is 6.66. The van der Waals surface area contributed by atoms with Crippen LogP contribution in [0.15, 0.2) is 53.9 Å². The van der Waals surface area contributed by atoms with E-state index in [9.17, 15) is 14.7 Å². The van der Waals surface area contributed by atoms with E-state index in [1.165, 1.54) is 6.92 Å². The molecule has 1 amide bonds. The maximum atomic E-state index is 13.8. The van der Waals surface area contributed by atoms with Gasteiger partial charge in [0.15, 0.2) is 11.5 Å². The SMILES string of the molecule is C=CCN1CC[C@]23c4c5ccc(OC(C)=O)c4O[C@H]2[C@@H](N(CC(C)C)C(=O)/C=C/c2ccoc2)CC[C@@]3(O)[C@H]1C5. The predicted molar refractivity (Wildman–Crippen MR) is 150 cm³/mol. The van der Waals surface area contributed by atoms with Crippen LogP contribution in [0.5, 0.6) is 11.5 Å². The Labute approximate surface area is 235 Å². The fourth-order valence-electron chi connectivity index (χ4n) is 7.95. The summed E-state index contributed by atoms with van der Waals surface area (Å²) in [6, 6.07) is 5.27. The van der Waals surface area contributed by atoms with Crippen molar-refractivity contribution in [3.63, 3.8) is 0 Å². The van der Waals surface area contributed by atoms with E-state index in [4.69, 9.17) is 13.9 Å². The van der Waals surface area contributed by atoms with Crippen molar-refractivity contribution in [3.05, 3.63) is 66.1 Å². The molecule has 6 rings (SSSR count). The molecular formula is C32H38N2O6. The Bertz CT molecular complexity index is 1350. The van der Waals surface area contributed by atoms with E-state index in [1.54, 1.807) is 30.7 Å². The molecule has 1 aromatic heterocycles. The lowest BCUT2D eigenvalue weighted by Gasteiger charge is -2.64. The Morgan fingerprint density at radius 1 is 1.30 bits per heavy atom. The van der Waals surface area contributed by atoms with Gasteiger partial charge >= 0.3 is 5.97 Å². The van der Waals surface area contributed by atoms with Crippen LogP contribution in [0.2, 0.25) is 0 Å². The van der Waals surface area contributed by atoms with Crippen molar-refractivity contribution in [2.45, 2.75) is 75.7 Å². The first-order valence-corrected chi connectivity index (χ1v) is 14.3. The van der Waals surface area contributed by atoms with Gasteiger partial charge in [0.2, 0.25) is 5.91 Å². The highest BCUT2D eigenvalue weighted by molar-refractivity contribution is 5.92. The zero-order valence-electron chi connectivity index (χ0n) is 23.5. The van der Waals surface area contributed by atoms with Crippen LogP contribution in [0.1, 0.15) is 56.7 Å². The van der Waals surface area contributed by atoms with Crippen LogP contribution in [0.3, 0.4) is 0 Å². The van der Waals surface area contributed by atoms with Crippen LogP contribution in [-0.4, -0.2) is 70.2 Å². The van der Waals surface area contributed by atoms with E-state index in [0.717, 1.165) is 23.2 Å². The third-order valence-electron chi connectivity index (χ3n) is 9.35. The summed E-state index contributed by atoms with van der Waals surface area (Å²) < 4.78 is 17.6. The van der Waals surface area contributed by atoms with E-state index in [1.807, 2.05) is 23.1 Å². The number of piperidine rings is 1. The van der Waals surface area contributed by atoms with E-state index in [2.05, 4.69) is 25.3 Å². The minimum atomic E-state index is -1.05. The Morgan fingerprint density at radius 3 is 2.83 bits per heavy atom. The predicted octanol–water partition coefficient (Wildman–Crippen LogP) is 4.11. The van der Waals surface area contributed by atoms with Gasteiger partial charge in [0.25, 0.3) is 0 Å². The van der Waals surface area contributed by atoms with Crippen molar-refractivity contribution >= 4 is 18.0 Å². The van der Waals surface area contributed by atoms with E-state index in [-0.39, 0.29) is 23.9 Å². The lowest BCUT2D eigenvalue weighted by molar-refractivity contribution is -0.199. The molecule has 2 aliphatic carbocycles. The molecule has 3 heterocycles. The lowest BCUT2D eigenvalue weighted by atomic mass is 9.48. The summed E-state index contributed by atoms with van der Waals surface area (Å²) in [5.41, 5.74) is 1.12. The number of likely N-dealkylation sites (tertiary alicyclic amines) is 1. The Hall–Kier alpha value is -3.36. The normalized spacial score (nSPS) is 30.2. The number of benzene rings is 1. The number of carbonyl (C=O) groups excluding carboxylic acids is 2. The highest BCUT2D eigenvalue weighted by Crippen LogP contribution is 2.66. The van der Waals surface area contributed by atoms with Crippen LogP contribution in [0.4, 0.5) is 0 Å². The molecular weight excluding hydrogens is 508 g/mol. The van der Waals surface area contributed by atoms with Gasteiger partial charge in [-0.25, -0.2) is 0 Å². The van der Waals surface area contributed by atoms with Crippen molar-refractivity contribution in [1.82, 2.24) is 9.80 Å². The summed E-state index contributed by atoms with van der Waals surface area (Å²) in [6.45, 7) is 11.6. The molecule has 0 unspecified atom stereocenters. The number of hydrogen-bond donors (Lipinski definition) is 1. The molecule has 1 saturated carbocycles. The molecule has 0 radical (unpaired) electrons. The summed E-state index contributed by atoms with van der Waals surface area (Å²) in [6.07, 6.45) is 10.5. The first-order valence-electron chi connectivity index (χ1n) is 14.3. The first kappa shape index (κ1) is 26.8. The zero-order valence-corrected chi connectivity index (χ0v) is 23.5. The third kappa shape index (κ3) is 3.95. The third-order valence-corrected chi connectivity index (χ3v) is 9.35. The van der Waals surface area contributed by atoms with E-state index >= 15 is 0 Å². The van der Waals surface area contributed by atoms with Gasteiger partial charge in [0, 0.05) is 43.3 Å². The van der Waals surface area contributed by atoms with Gasteiger partial charge < -0.3 is 23.9 Å². The second-order valence-corrected chi connectivity index (χ2v) is 12.1. The van der Waals surface area contributed by atoms with Gasteiger partial charge in [-0.2, -0.15) is 0 Å². The van der Waals surface area contributed by atoms with Crippen molar-refractivity contribution < 1.29 is 28.6 Å². The van der Waals surface area contributed by atoms with Crippen molar-refractivity contribution in [1.29, 1.82) is 0 Å². The van der Waals surface area contributed by atoms with E-state index < -0.39 is 23.1 Å². The van der Waals surface area contributed by atoms with Gasteiger partial charge in [-0.05, 0) is 61.9 Å². The Balaban J connectivity index is 1.46. The summed E-state index contributed by atoms with van der Waals surface area (Å²) in [4.78, 5) is 30.1. The number of furan rings is 1. The number of ether oxygens (including phenoxy) is 2. The number of rotatable bonds is 8. The molecule has 1 N–H and O–H groups in total. The number of hydrogen-bond acceptors (Lipinski definition) is 7. The molecule has 1 spiro atoms. The molecule has 1 aromatic carbocycles. The molecule has 2 aromatic rings. The van der Waals surface area contributed by atoms with Gasteiger partial charge in [-0.1, -0.05) is 26.0 Å². The second kappa shape index (κ2) is 9.93. The summed E-state index contributed by atoms with van der Waals surface area (Å²) >= 11 is 0. The molecule has 8 nitrogen and oxygen atoms in total. The molecule has 1 saturated heterocycles. The topological polar surface area (TPSA) is 92.5 Å². The number of carbonyl (C=O) groups is 2. The zero-order chi connectivity index (χ0) is 28.2. The minimum absolute atomic E-state index is 0.0976. The number of esters is 1. The van der Waals surface area contributed by atoms with Gasteiger partial charge in [-0.15, -0.1) is 6.58 Å². The first-order chi connectivity index (χ1) is 19.2. The van der Waals surface area contributed by atoms with Gasteiger partial charge in [0.05, 0.1) is 29.6 Å². The monoisotopic (exact) mass is 546 g/mol. The van der Waals surface area contributed by atoms with Crippen LogP contribution in [0, 0.1) is 5.92 Å². The van der Waals surface area contributed by atoms with Crippen molar-refractivity contribution in [2.24, 2.45) is 5.92 Å². The fourth-order valence-corrected chi connectivity index (χ4v) is 7.95. The Morgan fingerprint density at radius 2 is 2.12 bits per heavy atom. The molecule has 40 heavy (non-hydrogen) atoms. The minimum Gasteiger partial charge on any atom is -0.483 e. The summed E-state index contributed by atoms with van der Waals surface area (Å²) in [5.74, 6) is 0.635. The second-order valence-electron chi connectivity index (χ2n) is 12.1. The van der Waals surface area contributed by atoms with Crippen LogP contribution in [-0.2, 0) is 21.4 Å². The maximum absolute atomic E-state index is 13.8. The van der Waals surface area contributed by atoms with Crippen molar-refractivity contribution in [2.75, 3.05) is 19.6 Å². The molecule has 8 heteroatoms. The molecule has 212 valence electrons. The van der Waals surface area contributed by atoms with Crippen LogP contribution in [0.25, 0.3) is 6.08 Å². The fraction of sp³-hybridized carbons (Fsp3) is 0.500. The summed E-state index contributed by atoms with van der Waals surface area (Å²) in [7, 11) is 0. The molecule has 4 aliphatic rings. The molecule has 2 aliphatic heterocycles. The van der Waals surface area contributed by atoms with Crippen LogP contribution < -0.4 is 9.47 Å². The standard InChI is InChI=1S/C32H38N2O6/c1-5-14-33-15-13-31-28-23-7-8-25(39-21(4)35)29(28)40-30(31)24(10-12-32(31,37)26(33)17-23)34(18-20(2)3)27(36)9-6-22-11-16-38-19-22/h5-9,11,16,19-20,24,26,30,37H,1,10,12-15,17-18H2,2-4H3/b9-6+/t24-,26+,30-,31-,32+/m0/s1. The number of aliphatic hydroxyl groups is 1. The largest absolute Gasteiger partial charge is 0.483 e. The van der Waals surface area contributed by atoms with E-state index in [0.29, 0.717) is 50.3 Å². The number of amides is 1. The lowest BCUT2D eigenvalue weighted by Crippen LogP contribution is -2.78. The molecule has 2 bridgehead atoms. The number of nitrogens with zero attached hydrogens (tertiary/aromatic N) is 2. The average Bonchev–Trinajstić information content (AvgIpc) is 3.54. The maximum Gasteiger partial charge on any atom is 0.308 e. The summed E-state index contributed by atoms with van der Waals surface area (Å²) in [5, 5.41) is 12.7. The highest BCUT2D eigenvalue weighted by Gasteiger charge is 2.73. The van der Waals surface area contributed by atoms with Gasteiger partial charge in [-0.3, -0.25) is 14.5 Å². The highest BCUT2D eigenvalue weighted by atomic mass is 16.6. The smallest absolute Gasteiger partial charge is 0.308 e. The van der Waals surface area contributed by atoms with Crippen molar-refractivity contribution in [3.8, 4) is 11.5 Å². The average molecular weight is 547 g/mol.